The van der Waals surface area contributed by atoms with Gasteiger partial charge < -0.3 is 37.3 Å². The largest absolute Gasteiger partial charge is 2.00 e. The Bertz CT molecular complexity index is 169. The average Bonchev–Trinajstić information content (AvgIpc) is 1.79. The van der Waals surface area contributed by atoms with Crippen LogP contribution in [0, 0.1) is 0 Å². The Morgan fingerprint density at radius 3 is 1.00 bits per heavy atom. The molecule has 0 amide bonds. The minimum Gasteiger partial charge on any atom is -1.00 e. The van der Waals surface area contributed by atoms with Crippen molar-refractivity contribution in [2.24, 2.45) is 0 Å². The van der Waals surface area contributed by atoms with E-state index in [2.05, 4.69) is 0 Å². The fourth-order valence-electron chi connectivity index (χ4n) is 0. The minimum absolute atomic E-state index is 0. The standard InChI is InChI=1S/C2H5ClO.Ca.2H3O4P.2H/c3-1-2-4;;2*1-5(2,3)4;;/h4H,1-2H2;;2*(H3,1,2,3,4);;/q;+2;;;2*-1. The number of phosphoric acid groups is 2. The van der Waals surface area contributed by atoms with Gasteiger partial charge in [-0.2, -0.15) is 0 Å². The summed E-state index contributed by atoms with van der Waals surface area (Å²) in [4.78, 5) is 43.1. The molecule has 0 radical (unpaired) electrons. The molecule has 0 heterocycles. The van der Waals surface area contributed by atoms with Gasteiger partial charge in [0.2, 0.25) is 0 Å². The van der Waals surface area contributed by atoms with Crippen LogP contribution in [0.4, 0.5) is 0 Å². The summed E-state index contributed by atoms with van der Waals surface area (Å²) in [5.74, 6) is 0.347. The first-order valence-electron chi connectivity index (χ1n) is 2.65. The van der Waals surface area contributed by atoms with Crippen LogP contribution in [-0.2, 0) is 9.13 Å². The van der Waals surface area contributed by atoms with E-state index in [9.17, 15) is 0 Å². The van der Waals surface area contributed by atoms with Crippen molar-refractivity contribution < 1.29 is 46.5 Å². The molecule has 0 saturated carbocycles. The molecule has 0 rings (SSSR count). The molecule has 0 aromatic carbocycles. The zero-order chi connectivity index (χ0) is 12.4. The van der Waals surface area contributed by atoms with Crippen molar-refractivity contribution in [1.82, 2.24) is 0 Å². The van der Waals surface area contributed by atoms with Crippen LogP contribution >= 0.6 is 27.2 Å². The predicted molar refractivity (Wildman–Crippen MR) is 54.3 cm³/mol. The number of halogens is 1. The van der Waals surface area contributed by atoms with E-state index in [0.29, 0.717) is 5.88 Å². The first-order valence-corrected chi connectivity index (χ1v) is 6.31. The second kappa shape index (κ2) is 13.8. The van der Waals surface area contributed by atoms with Gasteiger partial charge in [0.15, 0.2) is 0 Å². The van der Waals surface area contributed by atoms with Crippen molar-refractivity contribution in [1.29, 1.82) is 0 Å². The minimum atomic E-state index is -4.64. The second-order valence-electron chi connectivity index (χ2n) is 1.44. The molecule has 0 spiro atoms. The van der Waals surface area contributed by atoms with Crippen LogP contribution in [-0.4, -0.2) is 84.7 Å². The van der Waals surface area contributed by atoms with E-state index in [0.717, 1.165) is 0 Å². The van der Waals surface area contributed by atoms with Gasteiger partial charge in [0.1, 0.15) is 0 Å². The first kappa shape index (κ1) is 25.5. The summed E-state index contributed by atoms with van der Waals surface area (Å²) in [5, 5.41) is 7.74. The quantitative estimate of drug-likeness (QED) is 0.167. The monoisotopic (exact) mass is 318 g/mol. The van der Waals surface area contributed by atoms with Crippen molar-refractivity contribution in [2.45, 2.75) is 0 Å². The van der Waals surface area contributed by atoms with Crippen LogP contribution in [0.3, 0.4) is 0 Å². The predicted octanol–water partition coefficient (Wildman–Crippen LogP) is -1.80. The summed E-state index contributed by atoms with van der Waals surface area (Å²) < 4.78 is 17.8. The molecular formula is C2H13CaClO9P2. The molecule has 7 N–H and O–H groups in total. The summed E-state index contributed by atoms with van der Waals surface area (Å²) in [7, 11) is -9.28. The van der Waals surface area contributed by atoms with Gasteiger partial charge in [-0.15, -0.1) is 11.6 Å². The van der Waals surface area contributed by atoms with Gasteiger partial charge in [0.25, 0.3) is 0 Å². The third-order valence-corrected chi connectivity index (χ3v) is 0.254. The summed E-state index contributed by atoms with van der Waals surface area (Å²) in [5.41, 5.74) is 0. The van der Waals surface area contributed by atoms with Crippen LogP contribution in [0.1, 0.15) is 2.85 Å². The topological polar surface area (TPSA) is 176 Å². The van der Waals surface area contributed by atoms with E-state index >= 15 is 0 Å². The third-order valence-electron chi connectivity index (χ3n) is 0.0845. The van der Waals surface area contributed by atoms with Gasteiger partial charge in [-0.1, -0.05) is 0 Å². The van der Waals surface area contributed by atoms with Crippen LogP contribution in [0.15, 0.2) is 0 Å². The smallest absolute Gasteiger partial charge is 1.00 e. The van der Waals surface area contributed by atoms with E-state index in [4.69, 9.17) is 55.2 Å². The molecular weight excluding hydrogens is 305 g/mol. The molecule has 0 bridgehead atoms. The molecule has 0 atom stereocenters. The van der Waals surface area contributed by atoms with Crippen molar-refractivity contribution in [3.05, 3.63) is 0 Å². The summed E-state index contributed by atoms with van der Waals surface area (Å²) in [6, 6.07) is 0. The first-order chi connectivity index (χ1) is 5.91. The normalized spacial score (nSPS) is 9.87. The zero-order valence-electron chi connectivity index (χ0n) is 9.34. The van der Waals surface area contributed by atoms with Gasteiger partial charge in [0, 0.05) is 5.88 Å². The molecule has 13 heteroatoms. The zero-order valence-corrected chi connectivity index (χ0v) is 12.1. The van der Waals surface area contributed by atoms with E-state index in [1.807, 2.05) is 0 Å². The van der Waals surface area contributed by atoms with Gasteiger partial charge in [-0.3, -0.25) is 0 Å². The SMILES string of the molecule is O=P(O)(O)O.O=P(O)(O)O.OCCCl.[Ca+2].[H-].[H-]. The van der Waals surface area contributed by atoms with Crippen LogP contribution in [0.25, 0.3) is 0 Å². The van der Waals surface area contributed by atoms with Gasteiger partial charge >= 0.3 is 53.4 Å². The van der Waals surface area contributed by atoms with Crippen molar-refractivity contribution in [2.75, 3.05) is 12.5 Å². The summed E-state index contributed by atoms with van der Waals surface area (Å²) in [6.45, 7) is 0.0849. The van der Waals surface area contributed by atoms with E-state index in [-0.39, 0.29) is 47.2 Å². The molecule has 94 valence electrons. The van der Waals surface area contributed by atoms with Crippen molar-refractivity contribution in [3.8, 4) is 0 Å². The van der Waals surface area contributed by atoms with E-state index in [1.165, 1.54) is 0 Å². The maximum atomic E-state index is 8.88. The number of aliphatic hydroxyl groups excluding tert-OH is 1. The number of hydrogen-bond donors (Lipinski definition) is 7. The van der Waals surface area contributed by atoms with Crippen LogP contribution in [0.2, 0.25) is 0 Å². The molecule has 9 nitrogen and oxygen atoms in total. The second-order valence-corrected chi connectivity index (χ2v) is 3.87. The average molecular weight is 319 g/mol. The molecule has 15 heavy (non-hydrogen) atoms. The number of alkyl halides is 1. The molecule has 0 unspecified atom stereocenters. The van der Waals surface area contributed by atoms with Gasteiger partial charge in [-0.05, 0) is 0 Å². The van der Waals surface area contributed by atoms with Gasteiger partial charge in [0.05, 0.1) is 6.61 Å². The molecule has 0 saturated heterocycles. The fourth-order valence-corrected chi connectivity index (χ4v) is 0. The Hall–Kier alpha value is 1.73. The summed E-state index contributed by atoms with van der Waals surface area (Å²) >= 11 is 4.94. The molecule has 0 aliphatic carbocycles. The van der Waals surface area contributed by atoms with Crippen molar-refractivity contribution >= 4 is 65.0 Å². The number of aliphatic hydroxyl groups is 1. The number of rotatable bonds is 1. The van der Waals surface area contributed by atoms with Gasteiger partial charge in [-0.25, -0.2) is 9.13 Å². The van der Waals surface area contributed by atoms with Crippen LogP contribution < -0.4 is 0 Å². The van der Waals surface area contributed by atoms with E-state index in [1.54, 1.807) is 0 Å². The molecule has 0 aliphatic rings. The molecule has 0 fully saturated rings. The fraction of sp³-hybridized carbons (Fsp3) is 1.00. The van der Waals surface area contributed by atoms with Crippen molar-refractivity contribution in [3.63, 3.8) is 0 Å². The maximum absolute atomic E-state index is 8.88. The Morgan fingerprint density at radius 1 is 0.933 bits per heavy atom. The Morgan fingerprint density at radius 2 is 1.00 bits per heavy atom. The van der Waals surface area contributed by atoms with E-state index < -0.39 is 15.6 Å². The number of hydrogen-bond acceptors (Lipinski definition) is 3. The molecule has 0 aliphatic heterocycles. The Labute approximate surface area is 123 Å². The summed E-state index contributed by atoms with van der Waals surface area (Å²) in [6.07, 6.45) is 0. The molecule has 0 aromatic rings. The third kappa shape index (κ3) is 398. The van der Waals surface area contributed by atoms with Crippen LogP contribution in [0.5, 0.6) is 0 Å². The Balaban J connectivity index is -0.0000000247. The maximum Gasteiger partial charge on any atom is 2.00 e. The molecule has 0 aromatic heterocycles. The Kier molecular flexibility index (Phi) is 23.5.